The fraction of sp³-hybridized carbons (Fsp3) is 0. The average Bonchev–Trinajstić information content (AvgIpc) is 2.25. The molecule has 0 spiro atoms. The van der Waals surface area contributed by atoms with Crippen LogP contribution in [0.3, 0.4) is 0 Å². The van der Waals surface area contributed by atoms with Crippen LogP contribution in [0.1, 0.15) is 0 Å². The number of anilines is 1. The molecule has 0 unspecified atom stereocenters. The van der Waals surface area contributed by atoms with Gasteiger partial charge in [0.1, 0.15) is 11.6 Å². The van der Waals surface area contributed by atoms with Crippen molar-refractivity contribution in [2.45, 2.75) is 0 Å². The molecule has 2 N–H and O–H groups in total. The van der Waals surface area contributed by atoms with Gasteiger partial charge in [0, 0.05) is 11.1 Å². The van der Waals surface area contributed by atoms with E-state index in [4.69, 9.17) is 22.1 Å². The van der Waals surface area contributed by atoms with E-state index >= 15 is 0 Å². The van der Waals surface area contributed by atoms with Crippen molar-refractivity contribution in [3.8, 4) is 11.6 Å². The molecule has 6 heteroatoms. The minimum Gasteiger partial charge on any atom is -0.436 e. The zero-order valence-electron chi connectivity index (χ0n) is 8.02. The summed E-state index contributed by atoms with van der Waals surface area (Å²) in [5.74, 6) is 1.34. The van der Waals surface area contributed by atoms with Crippen LogP contribution in [0.25, 0.3) is 0 Å². The standard InChI is InChI=1S/C10H7BrClN3O/c11-7-5-6(12)1-2-8(7)16-10-4-3-9(13)14-15-10/h1-5H,(H2,13,14). The monoisotopic (exact) mass is 299 g/mol. The third-order valence-corrected chi connectivity index (χ3v) is 2.62. The fourth-order valence-electron chi connectivity index (χ4n) is 1.06. The average molecular weight is 301 g/mol. The lowest BCUT2D eigenvalue weighted by Crippen LogP contribution is -1.95. The first-order valence-corrected chi connectivity index (χ1v) is 5.54. The minimum atomic E-state index is 0.350. The van der Waals surface area contributed by atoms with Crippen molar-refractivity contribution in [2.24, 2.45) is 0 Å². The first-order chi connectivity index (χ1) is 7.65. The largest absolute Gasteiger partial charge is 0.436 e. The lowest BCUT2D eigenvalue weighted by Gasteiger charge is -2.06. The van der Waals surface area contributed by atoms with Crippen LogP contribution < -0.4 is 10.5 Å². The van der Waals surface area contributed by atoms with E-state index in [1.807, 2.05) is 0 Å². The van der Waals surface area contributed by atoms with E-state index in [1.54, 1.807) is 30.3 Å². The molecule has 1 aromatic carbocycles. The van der Waals surface area contributed by atoms with Crippen molar-refractivity contribution in [3.63, 3.8) is 0 Å². The van der Waals surface area contributed by atoms with E-state index < -0.39 is 0 Å². The number of halogens is 2. The Hall–Kier alpha value is -1.33. The summed E-state index contributed by atoms with van der Waals surface area (Å²) in [5.41, 5.74) is 5.41. The second-order valence-corrected chi connectivity index (χ2v) is 4.26. The maximum atomic E-state index is 5.81. The number of ether oxygens (including phenoxy) is 1. The SMILES string of the molecule is Nc1ccc(Oc2ccc(Cl)cc2Br)nn1. The Morgan fingerprint density at radius 2 is 2.00 bits per heavy atom. The second-order valence-electron chi connectivity index (χ2n) is 2.97. The Kier molecular flexibility index (Phi) is 3.26. The first-order valence-electron chi connectivity index (χ1n) is 4.37. The van der Waals surface area contributed by atoms with E-state index in [0.29, 0.717) is 22.5 Å². The summed E-state index contributed by atoms with van der Waals surface area (Å²) >= 11 is 9.15. The Balaban J connectivity index is 2.23. The van der Waals surface area contributed by atoms with E-state index in [0.717, 1.165) is 4.47 Å². The summed E-state index contributed by atoms with van der Waals surface area (Å²) in [4.78, 5) is 0. The molecule has 0 aliphatic carbocycles. The lowest BCUT2D eigenvalue weighted by molar-refractivity contribution is 0.453. The summed E-state index contributed by atoms with van der Waals surface area (Å²) in [6.45, 7) is 0. The molecule has 82 valence electrons. The number of hydrogen-bond donors (Lipinski definition) is 1. The smallest absolute Gasteiger partial charge is 0.239 e. The molecule has 0 saturated carbocycles. The maximum Gasteiger partial charge on any atom is 0.239 e. The van der Waals surface area contributed by atoms with Crippen LogP contribution in [-0.4, -0.2) is 10.2 Å². The minimum absolute atomic E-state index is 0.350. The normalized spacial score (nSPS) is 10.1. The molecule has 0 aliphatic heterocycles. The van der Waals surface area contributed by atoms with Crippen LogP contribution in [0.5, 0.6) is 11.6 Å². The molecule has 1 heterocycles. The van der Waals surface area contributed by atoms with E-state index in [9.17, 15) is 0 Å². The number of aromatic nitrogens is 2. The molecule has 0 fully saturated rings. The Morgan fingerprint density at radius 3 is 2.62 bits per heavy atom. The van der Waals surface area contributed by atoms with Gasteiger partial charge in [-0.2, -0.15) is 0 Å². The molecule has 0 aliphatic rings. The van der Waals surface area contributed by atoms with Gasteiger partial charge in [0.05, 0.1) is 4.47 Å². The second kappa shape index (κ2) is 4.67. The van der Waals surface area contributed by atoms with Crippen LogP contribution in [0.15, 0.2) is 34.8 Å². The molecule has 4 nitrogen and oxygen atoms in total. The summed E-state index contributed by atoms with van der Waals surface area (Å²) in [6, 6.07) is 8.47. The molecular formula is C10H7BrClN3O. The zero-order valence-corrected chi connectivity index (χ0v) is 10.4. The molecule has 0 radical (unpaired) electrons. The summed E-state index contributed by atoms with van der Waals surface area (Å²) in [7, 11) is 0. The number of rotatable bonds is 2. The molecule has 0 atom stereocenters. The Labute approximate surface area is 106 Å². The third kappa shape index (κ3) is 2.62. The zero-order chi connectivity index (χ0) is 11.5. The predicted molar refractivity (Wildman–Crippen MR) is 65.7 cm³/mol. The van der Waals surface area contributed by atoms with Crippen LogP contribution in [0.4, 0.5) is 5.82 Å². The quantitative estimate of drug-likeness (QED) is 0.924. The summed E-state index contributed by atoms with van der Waals surface area (Å²) in [5, 5.41) is 8.10. The molecule has 16 heavy (non-hydrogen) atoms. The predicted octanol–water partition coefficient (Wildman–Crippen LogP) is 3.27. The van der Waals surface area contributed by atoms with Crippen molar-refractivity contribution in [3.05, 3.63) is 39.8 Å². The molecule has 0 saturated heterocycles. The van der Waals surface area contributed by atoms with Gasteiger partial charge in [-0.15, -0.1) is 10.2 Å². The van der Waals surface area contributed by atoms with Crippen LogP contribution in [-0.2, 0) is 0 Å². The van der Waals surface area contributed by atoms with Gasteiger partial charge in [-0.3, -0.25) is 0 Å². The number of nitrogens with two attached hydrogens (primary N) is 1. The van der Waals surface area contributed by atoms with Gasteiger partial charge in [-0.25, -0.2) is 0 Å². The van der Waals surface area contributed by atoms with Gasteiger partial charge in [-0.1, -0.05) is 11.6 Å². The molecule has 2 aromatic rings. The van der Waals surface area contributed by atoms with Crippen LogP contribution >= 0.6 is 27.5 Å². The molecular weight excluding hydrogens is 293 g/mol. The molecule has 1 aromatic heterocycles. The van der Waals surface area contributed by atoms with Gasteiger partial charge < -0.3 is 10.5 Å². The number of hydrogen-bond acceptors (Lipinski definition) is 4. The Bertz CT molecular complexity index is 504. The van der Waals surface area contributed by atoms with E-state index in [-0.39, 0.29) is 0 Å². The van der Waals surface area contributed by atoms with E-state index in [1.165, 1.54) is 0 Å². The highest BCUT2D eigenvalue weighted by Gasteiger charge is 2.04. The van der Waals surface area contributed by atoms with Crippen LogP contribution in [0.2, 0.25) is 5.02 Å². The van der Waals surface area contributed by atoms with Crippen LogP contribution in [0, 0.1) is 0 Å². The first kappa shape index (κ1) is 11.2. The number of nitrogens with zero attached hydrogens (tertiary/aromatic N) is 2. The number of nitrogen functional groups attached to an aromatic ring is 1. The van der Waals surface area contributed by atoms with Crippen molar-refractivity contribution in [2.75, 3.05) is 5.73 Å². The van der Waals surface area contributed by atoms with Crippen molar-refractivity contribution in [1.29, 1.82) is 0 Å². The highest BCUT2D eigenvalue weighted by molar-refractivity contribution is 9.10. The fourth-order valence-corrected chi connectivity index (χ4v) is 1.82. The van der Waals surface area contributed by atoms with Crippen molar-refractivity contribution < 1.29 is 4.74 Å². The molecule has 2 rings (SSSR count). The highest BCUT2D eigenvalue weighted by atomic mass is 79.9. The topological polar surface area (TPSA) is 61.0 Å². The van der Waals surface area contributed by atoms with Gasteiger partial charge in [0.25, 0.3) is 0 Å². The summed E-state index contributed by atoms with van der Waals surface area (Å²) < 4.78 is 6.23. The maximum absolute atomic E-state index is 5.81. The Morgan fingerprint density at radius 1 is 1.19 bits per heavy atom. The van der Waals surface area contributed by atoms with Gasteiger partial charge >= 0.3 is 0 Å². The molecule has 0 bridgehead atoms. The van der Waals surface area contributed by atoms with Crippen molar-refractivity contribution >= 4 is 33.3 Å². The molecule has 0 amide bonds. The van der Waals surface area contributed by atoms with Gasteiger partial charge in [0.15, 0.2) is 0 Å². The lowest BCUT2D eigenvalue weighted by atomic mass is 10.3. The third-order valence-electron chi connectivity index (χ3n) is 1.77. The van der Waals surface area contributed by atoms with Gasteiger partial charge in [0.2, 0.25) is 5.88 Å². The van der Waals surface area contributed by atoms with E-state index in [2.05, 4.69) is 26.1 Å². The number of benzene rings is 1. The van der Waals surface area contributed by atoms with Crippen molar-refractivity contribution in [1.82, 2.24) is 10.2 Å². The van der Waals surface area contributed by atoms with Gasteiger partial charge in [-0.05, 0) is 40.2 Å². The highest BCUT2D eigenvalue weighted by Crippen LogP contribution is 2.30. The summed E-state index contributed by atoms with van der Waals surface area (Å²) in [6.07, 6.45) is 0.